The Balaban J connectivity index is 1.39. The molecule has 1 fully saturated rings. The highest BCUT2D eigenvalue weighted by Crippen LogP contribution is 2.38. The van der Waals surface area contributed by atoms with Gasteiger partial charge in [-0.1, -0.05) is 0 Å². The molecule has 1 aromatic carbocycles. The van der Waals surface area contributed by atoms with Crippen LogP contribution in [0.5, 0.6) is 5.75 Å². The van der Waals surface area contributed by atoms with E-state index in [1.807, 2.05) is 24.3 Å². The summed E-state index contributed by atoms with van der Waals surface area (Å²) in [4.78, 5) is 12.3. The van der Waals surface area contributed by atoms with Crippen LogP contribution < -0.4 is 4.74 Å². The van der Waals surface area contributed by atoms with Gasteiger partial charge in [0, 0.05) is 29.1 Å². The van der Waals surface area contributed by atoms with Crippen molar-refractivity contribution in [2.45, 2.75) is 45.8 Å². The summed E-state index contributed by atoms with van der Waals surface area (Å²) in [7, 11) is 1.61. The number of aromatic nitrogens is 3. The highest BCUT2D eigenvalue weighted by molar-refractivity contribution is 5.87. The predicted octanol–water partition coefficient (Wildman–Crippen LogP) is 4.82. The summed E-state index contributed by atoms with van der Waals surface area (Å²) < 4.78 is 18.6. The van der Waals surface area contributed by atoms with Crippen molar-refractivity contribution in [3.05, 3.63) is 59.2 Å². The fourth-order valence-electron chi connectivity index (χ4n) is 3.54. The van der Waals surface area contributed by atoms with Gasteiger partial charge < -0.3 is 18.5 Å². The number of nitrogens with zero attached hydrogens (tertiary/aromatic N) is 3. The second-order valence-corrected chi connectivity index (χ2v) is 7.51. The molecule has 0 aliphatic heterocycles. The Bertz CT molecular complexity index is 1070. The molecule has 2 heterocycles. The lowest BCUT2D eigenvalue weighted by atomic mass is 10.2. The first-order chi connectivity index (χ1) is 14.5. The van der Waals surface area contributed by atoms with Crippen LogP contribution in [0.1, 0.15) is 54.8 Å². The first kappa shape index (κ1) is 19.9. The van der Waals surface area contributed by atoms with Gasteiger partial charge in [0.05, 0.1) is 7.11 Å². The van der Waals surface area contributed by atoms with Crippen molar-refractivity contribution in [3.63, 3.8) is 0 Å². The highest BCUT2D eigenvalue weighted by Gasteiger charge is 2.26. The van der Waals surface area contributed by atoms with Crippen molar-refractivity contribution in [2.75, 3.05) is 7.11 Å². The Hall–Kier alpha value is -3.35. The number of ether oxygens (including phenoxy) is 2. The molecular weight excluding hydrogens is 382 g/mol. The lowest BCUT2D eigenvalue weighted by Gasteiger charge is -2.07. The van der Waals surface area contributed by atoms with E-state index in [2.05, 4.69) is 34.7 Å². The van der Waals surface area contributed by atoms with E-state index in [9.17, 15) is 4.79 Å². The normalized spacial score (nSPS) is 14.8. The van der Waals surface area contributed by atoms with Gasteiger partial charge in [-0.3, -0.25) is 0 Å². The molecule has 7 nitrogen and oxygen atoms in total. The van der Waals surface area contributed by atoms with Crippen molar-refractivity contribution < 1.29 is 18.7 Å². The maximum Gasteiger partial charge on any atom is 0.331 e. The summed E-state index contributed by atoms with van der Waals surface area (Å²) in [6.07, 6.45) is 5.03. The van der Waals surface area contributed by atoms with Crippen LogP contribution in [0.15, 0.2) is 40.8 Å². The molecular formula is C23H25N3O4. The number of hydrogen-bond acceptors (Lipinski definition) is 6. The van der Waals surface area contributed by atoms with Gasteiger partial charge in [0.25, 0.3) is 5.89 Å². The molecule has 0 unspecified atom stereocenters. The van der Waals surface area contributed by atoms with Crippen LogP contribution in [-0.2, 0) is 9.53 Å². The smallest absolute Gasteiger partial charge is 0.331 e. The molecule has 0 radical (unpaired) electrons. The zero-order valence-corrected chi connectivity index (χ0v) is 17.6. The van der Waals surface area contributed by atoms with Gasteiger partial charge in [-0.25, -0.2) is 4.79 Å². The van der Waals surface area contributed by atoms with E-state index in [1.165, 1.54) is 30.3 Å². The van der Waals surface area contributed by atoms with Gasteiger partial charge in [0.2, 0.25) is 5.89 Å². The van der Waals surface area contributed by atoms with Crippen molar-refractivity contribution in [1.29, 1.82) is 0 Å². The largest absolute Gasteiger partial charge is 0.497 e. The van der Waals surface area contributed by atoms with Crippen LogP contribution in [0.4, 0.5) is 0 Å². The van der Waals surface area contributed by atoms with E-state index in [0.29, 0.717) is 11.9 Å². The summed E-state index contributed by atoms with van der Waals surface area (Å²) in [5.41, 5.74) is 4.18. The maximum atomic E-state index is 12.3. The molecule has 0 N–H and O–H groups in total. The Kier molecular flexibility index (Phi) is 5.44. The number of hydrogen-bond donors (Lipinski definition) is 0. The zero-order chi connectivity index (χ0) is 21.3. The summed E-state index contributed by atoms with van der Waals surface area (Å²) >= 11 is 0. The van der Waals surface area contributed by atoms with Gasteiger partial charge in [-0.2, -0.15) is 0 Å². The minimum Gasteiger partial charge on any atom is -0.497 e. The van der Waals surface area contributed by atoms with Crippen LogP contribution in [0.3, 0.4) is 0 Å². The van der Waals surface area contributed by atoms with Crippen LogP contribution in [0.2, 0.25) is 0 Å². The maximum absolute atomic E-state index is 12.3. The molecule has 0 bridgehead atoms. The van der Waals surface area contributed by atoms with Crippen LogP contribution in [0, 0.1) is 13.8 Å². The van der Waals surface area contributed by atoms with Crippen LogP contribution >= 0.6 is 0 Å². The van der Waals surface area contributed by atoms with Gasteiger partial charge in [-0.15, -0.1) is 10.2 Å². The minimum atomic E-state index is -0.652. The first-order valence-electron chi connectivity index (χ1n) is 10.0. The van der Waals surface area contributed by atoms with E-state index < -0.39 is 12.1 Å². The monoisotopic (exact) mass is 407 g/mol. The predicted molar refractivity (Wildman–Crippen MR) is 112 cm³/mol. The first-order valence-corrected chi connectivity index (χ1v) is 10.0. The average Bonchev–Trinajstić information content (AvgIpc) is 3.36. The van der Waals surface area contributed by atoms with Gasteiger partial charge in [-0.05, 0) is 75.6 Å². The summed E-state index contributed by atoms with van der Waals surface area (Å²) in [5, 5.41) is 8.05. The number of carbonyl (C=O) groups is 1. The number of rotatable bonds is 7. The molecule has 0 amide bonds. The number of carbonyl (C=O) groups excluding carboxylic acids is 1. The Morgan fingerprint density at radius 3 is 2.63 bits per heavy atom. The van der Waals surface area contributed by atoms with Crippen molar-refractivity contribution in [3.8, 4) is 17.2 Å². The van der Waals surface area contributed by atoms with E-state index in [1.54, 1.807) is 20.1 Å². The minimum absolute atomic E-state index is 0.245. The van der Waals surface area contributed by atoms with Gasteiger partial charge >= 0.3 is 5.97 Å². The van der Waals surface area contributed by atoms with Crippen molar-refractivity contribution in [2.24, 2.45) is 0 Å². The fraction of sp³-hybridized carbons (Fsp3) is 0.348. The molecule has 1 atom stereocenters. The van der Waals surface area contributed by atoms with E-state index >= 15 is 0 Å². The molecule has 1 aliphatic carbocycles. The number of methoxy groups -OCH3 is 1. The topological polar surface area (TPSA) is 79.4 Å². The molecule has 30 heavy (non-hydrogen) atoms. The van der Waals surface area contributed by atoms with Gasteiger partial charge in [0.15, 0.2) is 6.10 Å². The van der Waals surface area contributed by atoms with Crippen molar-refractivity contribution in [1.82, 2.24) is 14.8 Å². The molecule has 7 heteroatoms. The van der Waals surface area contributed by atoms with Crippen LogP contribution in [-0.4, -0.2) is 27.8 Å². The molecule has 4 rings (SSSR count). The third-order valence-electron chi connectivity index (χ3n) is 5.25. The summed E-state index contributed by atoms with van der Waals surface area (Å²) in [5.74, 6) is 0.890. The Morgan fingerprint density at radius 1 is 1.23 bits per heavy atom. The molecule has 3 aromatic rings. The Labute approximate surface area is 175 Å². The second-order valence-electron chi connectivity index (χ2n) is 7.51. The average molecular weight is 407 g/mol. The SMILES string of the molecule is COc1ccc(-c2nnc([C@H](C)OC(=O)/C=C/c3cc(C)n(C4CC4)c3C)o2)cc1. The molecule has 1 saturated carbocycles. The van der Waals surface area contributed by atoms with E-state index in [0.717, 1.165) is 16.9 Å². The molecule has 0 saturated heterocycles. The van der Waals surface area contributed by atoms with E-state index in [4.69, 9.17) is 13.9 Å². The fourth-order valence-corrected chi connectivity index (χ4v) is 3.54. The lowest BCUT2D eigenvalue weighted by molar-refractivity contribution is -0.143. The van der Waals surface area contributed by atoms with Crippen molar-refractivity contribution >= 4 is 12.0 Å². The van der Waals surface area contributed by atoms with Gasteiger partial charge in [0.1, 0.15) is 5.75 Å². The third kappa shape index (κ3) is 4.15. The second kappa shape index (κ2) is 8.18. The summed E-state index contributed by atoms with van der Waals surface area (Å²) in [6, 6.07) is 9.99. The van der Waals surface area contributed by atoms with Crippen LogP contribution in [0.25, 0.3) is 17.5 Å². The molecule has 2 aromatic heterocycles. The lowest BCUT2D eigenvalue weighted by Crippen LogP contribution is -2.06. The standard InChI is InChI=1S/C23H25N3O4/c1-14-13-18(15(2)26(14)19-8-9-19)7-12-21(27)29-16(3)22-24-25-23(30-22)17-5-10-20(28-4)11-6-17/h5-7,10-13,16,19H,8-9H2,1-4H3/b12-7+/t16-/m0/s1. The Morgan fingerprint density at radius 2 is 1.97 bits per heavy atom. The molecule has 156 valence electrons. The number of benzene rings is 1. The highest BCUT2D eigenvalue weighted by atomic mass is 16.6. The number of aryl methyl sites for hydroxylation is 1. The van der Waals surface area contributed by atoms with E-state index in [-0.39, 0.29) is 5.89 Å². The quantitative estimate of drug-likeness (QED) is 0.413. The molecule has 0 spiro atoms. The third-order valence-corrected chi connectivity index (χ3v) is 5.25. The number of esters is 1. The molecule has 1 aliphatic rings. The zero-order valence-electron chi connectivity index (χ0n) is 17.6. The summed E-state index contributed by atoms with van der Waals surface area (Å²) in [6.45, 7) is 5.88.